The summed E-state index contributed by atoms with van der Waals surface area (Å²) in [4.78, 5) is 12.0. The second kappa shape index (κ2) is 6.75. The van der Waals surface area contributed by atoms with Crippen molar-refractivity contribution in [3.05, 3.63) is 47.3 Å². The van der Waals surface area contributed by atoms with E-state index in [0.717, 1.165) is 25.0 Å². The molecule has 0 aliphatic heterocycles. The number of nitrogens with two attached hydrogens (primary N) is 1. The van der Waals surface area contributed by atoms with Gasteiger partial charge in [-0.05, 0) is 18.4 Å². The van der Waals surface area contributed by atoms with E-state index in [1.165, 1.54) is 5.56 Å². The SMILES string of the molecule is CCCc1[nH]nc(C(=O)NCCc2ccccc2)c1N. The smallest absolute Gasteiger partial charge is 0.273 e. The third kappa shape index (κ3) is 3.38. The van der Waals surface area contributed by atoms with Gasteiger partial charge >= 0.3 is 0 Å². The van der Waals surface area contributed by atoms with Crippen LogP contribution in [0.3, 0.4) is 0 Å². The van der Waals surface area contributed by atoms with Crippen LogP contribution in [0.15, 0.2) is 30.3 Å². The Kier molecular flexibility index (Phi) is 4.76. The maximum atomic E-state index is 12.0. The molecule has 20 heavy (non-hydrogen) atoms. The highest BCUT2D eigenvalue weighted by Crippen LogP contribution is 2.15. The first-order chi connectivity index (χ1) is 9.72. The first-order valence-corrected chi connectivity index (χ1v) is 6.87. The zero-order chi connectivity index (χ0) is 14.4. The van der Waals surface area contributed by atoms with Crippen LogP contribution in [0.25, 0.3) is 0 Å². The Morgan fingerprint density at radius 3 is 2.75 bits per heavy atom. The number of aryl methyl sites for hydroxylation is 1. The first-order valence-electron chi connectivity index (χ1n) is 6.87. The maximum absolute atomic E-state index is 12.0. The molecule has 0 unspecified atom stereocenters. The first kappa shape index (κ1) is 14.1. The number of aromatic nitrogens is 2. The van der Waals surface area contributed by atoms with Crippen LogP contribution in [0.4, 0.5) is 5.69 Å². The van der Waals surface area contributed by atoms with E-state index in [4.69, 9.17) is 5.73 Å². The molecule has 0 aliphatic carbocycles. The van der Waals surface area contributed by atoms with Gasteiger partial charge in [-0.25, -0.2) is 0 Å². The van der Waals surface area contributed by atoms with Gasteiger partial charge in [0, 0.05) is 6.54 Å². The van der Waals surface area contributed by atoms with Gasteiger partial charge in [0.05, 0.1) is 11.4 Å². The summed E-state index contributed by atoms with van der Waals surface area (Å²) in [6, 6.07) is 10.0. The number of carbonyl (C=O) groups is 1. The fourth-order valence-corrected chi connectivity index (χ4v) is 2.05. The molecule has 0 atom stereocenters. The molecule has 0 saturated heterocycles. The lowest BCUT2D eigenvalue weighted by molar-refractivity contribution is 0.0950. The number of hydrogen-bond donors (Lipinski definition) is 3. The van der Waals surface area contributed by atoms with Crippen molar-refractivity contribution in [2.24, 2.45) is 0 Å². The summed E-state index contributed by atoms with van der Waals surface area (Å²) in [6.07, 6.45) is 2.55. The summed E-state index contributed by atoms with van der Waals surface area (Å²) >= 11 is 0. The molecule has 5 nitrogen and oxygen atoms in total. The summed E-state index contributed by atoms with van der Waals surface area (Å²) < 4.78 is 0. The van der Waals surface area contributed by atoms with Gasteiger partial charge < -0.3 is 11.1 Å². The summed E-state index contributed by atoms with van der Waals surface area (Å²) in [5.41, 5.74) is 8.70. The summed E-state index contributed by atoms with van der Waals surface area (Å²) in [5.74, 6) is -0.225. The van der Waals surface area contributed by atoms with E-state index in [1.54, 1.807) is 0 Å². The molecule has 1 heterocycles. The number of anilines is 1. The van der Waals surface area contributed by atoms with E-state index in [9.17, 15) is 4.79 Å². The number of nitrogens with one attached hydrogen (secondary N) is 2. The molecule has 0 aliphatic rings. The molecule has 0 saturated carbocycles. The average molecular weight is 272 g/mol. The van der Waals surface area contributed by atoms with E-state index >= 15 is 0 Å². The van der Waals surface area contributed by atoms with Crippen LogP contribution >= 0.6 is 0 Å². The van der Waals surface area contributed by atoms with Crippen molar-refractivity contribution in [2.75, 3.05) is 12.3 Å². The van der Waals surface area contributed by atoms with E-state index in [0.29, 0.717) is 17.9 Å². The molecule has 0 fully saturated rings. The van der Waals surface area contributed by atoms with Gasteiger partial charge in [-0.15, -0.1) is 0 Å². The Balaban J connectivity index is 1.89. The molecule has 2 rings (SSSR count). The Morgan fingerprint density at radius 1 is 1.30 bits per heavy atom. The third-order valence-electron chi connectivity index (χ3n) is 3.14. The molecule has 1 amide bonds. The summed E-state index contributed by atoms with van der Waals surface area (Å²) in [5, 5.41) is 9.67. The van der Waals surface area contributed by atoms with Crippen LogP contribution in [0.5, 0.6) is 0 Å². The number of aromatic amines is 1. The van der Waals surface area contributed by atoms with Crippen molar-refractivity contribution >= 4 is 11.6 Å². The predicted molar refractivity (Wildman–Crippen MR) is 79.5 cm³/mol. The van der Waals surface area contributed by atoms with Crippen molar-refractivity contribution in [3.63, 3.8) is 0 Å². The van der Waals surface area contributed by atoms with Crippen molar-refractivity contribution < 1.29 is 4.79 Å². The average Bonchev–Trinajstić information content (AvgIpc) is 2.82. The van der Waals surface area contributed by atoms with Crippen LogP contribution in [-0.4, -0.2) is 22.6 Å². The monoisotopic (exact) mass is 272 g/mol. The van der Waals surface area contributed by atoms with Crippen LogP contribution < -0.4 is 11.1 Å². The minimum atomic E-state index is -0.225. The molecular weight excluding hydrogens is 252 g/mol. The van der Waals surface area contributed by atoms with Crippen LogP contribution in [0.1, 0.15) is 35.1 Å². The second-order valence-electron chi connectivity index (χ2n) is 4.71. The van der Waals surface area contributed by atoms with Crippen LogP contribution in [0.2, 0.25) is 0 Å². The van der Waals surface area contributed by atoms with Gasteiger partial charge in [0.25, 0.3) is 5.91 Å². The van der Waals surface area contributed by atoms with Crippen molar-refractivity contribution in [1.82, 2.24) is 15.5 Å². The highest BCUT2D eigenvalue weighted by atomic mass is 16.1. The van der Waals surface area contributed by atoms with E-state index in [1.807, 2.05) is 30.3 Å². The molecule has 2 aromatic rings. The Hall–Kier alpha value is -2.30. The van der Waals surface area contributed by atoms with Crippen molar-refractivity contribution in [2.45, 2.75) is 26.2 Å². The van der Waals surface area contributed by atoms with Crippen molar-refractivity contribution in [3.8, 4) is 0 Å². The van der Waals surface area contributed by atoms with Gasteiger partial charge in [-0.1, -0.05) is 43.7 Å². The Morgan fingerprint density at radius 2 is 2.05 bits per heavy atom. The lowest BCUT2D eigenvalue weighted by atomic mass is 10.1. The van der Waals surface area contributed by atoms with Gasteiger partial charge in [-0.3, -0.25) is 9.89 Å². The fraction of sp³-hybridized carbons (Fsp3) is 0.333. The van der Waals surface area contributed by atoms with Crippen molar-refractivity contribution in [1.29, 1.82) is 0 Å². The summed E-state index contributed by atoms with van der Waals surface area (Å²) in [6.45, 7) is 2.62. The highest BCUT2D eigenvalue weighted by Gasteiger charge is 2.16. The molecule has 0 radical (unpaired) electrons. The van der Waals surface area contributed by atoms with Gasteiger partial charge in [0.1, 0.15) is 0 Å². The normalized spacial score (nSPS) is 10.4. The molecule has 1 aromatic heterocycles. The zero-order valence-corrected chi connectivity index (χ0v) is 11.6. The number of benzene rings is 1. The molecule has 1 aromatic carbocycles. The van der Waals surface area contributed by atoms with Crippen LogP contribution in [-0.2, 0) is 12.8 Å². The van der Waals surface area contributed by atoms with E-state index in [2.05, 4.69) is 22.4 Å². The number of hydrogen-bond acceptors (Lipinski definition) is 3. The molecule has 106 valence electrons. The lowest BCUT2D eigenvalue weighted by Crippen LogP contribution is -2.26. The summed E-state index contributed by atoms with van der Waals surface area (Å²) in [7, 11) is 0. The van der Waals surface area contributed by atoms with Gasteiger partial charge in [0.15, 0.2) is 5.69 Å². The Labute approximate surface area is 118 Å². The largest absolute Gasteiger partial charge is 0.395 e. The Bertz CT molecular complexity index is 563. The minimum absolute atomic E-state index is 0.225. The standard InChI is InChI=1S/C15H20N4O/c1-2-6-12-13(16)14(19-18-12)15(20)17-10-9-11-7-4-3-5-8-11/h3-5,7-8H,2,6,9-10,16H2,1H3,(H,17,20)(H,18,19). The van der Waals surface area contributed by atoms with Gasteiger partial charge in [0.2, 0.25) is 0 Å². The number of amides is 1. The zero-order valence-electron chi connectivity index (χ0n) is 11.6. The number of H-pyrrole nitrogens is 1. The molecule has 0 bridgehead atoms. The van der Waals surface area contributed by atoms with E-state index in [-0.39, 0.29) is 5.91 Å². The second-order valence-corrected chi connectivity index (χ2v) is 4.71. The van der Waals surface area contributed by atoms with Crippen LogP contribution in [0, 0.1) is 0 Å². The highest BCUT2D eigenvalue weighted by molar-refractivity contribution is 5.97. The third-order valence-corrected chi connectivity index (χ3v) is 3.14. The molecule has 4 N–H and O–H groups in total. The van der Waals surface area contributed by atoms with Gasteiger partial charge in [-0.2, -0.15) is 5.10 Å². The molecule has 5 heteroatoms. The van der Waals surface area contributed by atoms with E-state index < -0.39 is 0 Å². The molecule has 0 spiro atoms. The quantitative estimate of drug-likeness (QED) is 0.751. The number of carbonyl (C=O) groups excluding carboxylic acids is 1. The molecular formula is C15H20N4O. The lowest BCUT2D eigenvalue weighted by Gasteiger charge is -2.04. The topological polar surface area (TPSA) is 83.8 Å². The number of nitrogen functional groups attached to an aromatic ring is 1. The fourth-order valence-electron chi connectivity index (χ4n) is 2.05. The maximum Gasteiger partial charge on any atom is 0.273 e. The predicted octanol–water partition coefficient (Wildman–Crippen LogP) is 1.92. The number of rotatable bonds is 6. The minimum Gasteiger partial charge on any atom is -0.395 e. The number of nitrogens with zero attached hydrogens (tertiary/aromatic N) is 1.